The lowest BCUT2D eigenvalue weighted by molar-refractivity contribution is -0.147. The van der Waals surface area contributed by atoms with Crippen LogP contribution in [-0.2, 0) is 9.53 Å². The molecule has 0 unspecified atom stereocenters. The van der Waals surface area contributed by atoms with E-state index in [1.54, 1.807) is 0 Å². The van der Waals surface area contributed by atoms with Crippen molar-refractivity contribution in [2.75, 3.05) is 46.5 Å². The lowest BCUT2D eigenvalue weighted by atomic mass is 9.84. The lowest BCUT2D eigenvalue weighted by Crippen LogP contribution is -2.55. The third kappa shape index (κ3) is 3.22. The molecule has 0 radical (unpaired) electrons. The molecule has 5 nitrogen and oxygen atoms in total. The van der Waals surface area contributed by atoms with Crippen LogP contribution in [0.2, 0.25) is 0 Å². The van der Waals surface area contributed by atoms with Gasteiger partial charge in [0, 0.05) is 25.6 Å². The number of ether oxygens (including phenoxy) is 1. The molecule has 0 aromatic carbocycles. The Kier molecular flexibility index (Phi) is 4.97. The van der Waals surface area contributed by atoms with E-state index in [1.807, 2.05) is 11.9 Å². The maximum absolute atomic E-state index is 12.3. The number of morpholine rings is 1. The minimum Gasteiger partial charge on any atom is -0.395 e. The number of nitrogens with zero attached hydrogens (tertiary/aromatic N) is 2. The average molecular weight is 256 g/mol. The standard InChI is InChI=1S/C13H24N2O3/c1-14(5-7-16)9-12-10-18-8-6-15(12)13(17)11-3-2-4-11/h11-12,16H,2-10H2,1H3/t12-/m1/s1. The molecular weight excluding hydrogens is 232 g/mol. The largest absolute Gasteiger partial charge is 0.395 e. The van der Waals surface area contributed by atoms with Crippen LogP contribution in [0.25, 0.3) is 0 Å². The van der Waals surface area contributed by atoms with Gasteiger partial charge in [-0.25, -0.2) is 0 Å². The van der Waals surface area contributed by atoms with Gasteiger partial charge in [0.2, 0.25) is 5.91 Å². The summed E-state index contributed by atoms with van der Waals surface area (Å²) in [5.41, 5.74) is 0. The number of amides is 1. The summed E-state index contributed by atoms with van der Waals surface area (Å²) in [6.45, 7) is 3.56. The highest BCUT2D eigenvalue weighted by Gasteiger charge is 2.34. The second-order valence-electron chi connectivity index (χ2n) is 5.37. The Morgan fingerprint density at radius 3 is 2.89 bits per heavy atom. The topological polar surface area (TPSA) is 53.0 Å². The Bertz CT molecular complexity index is 281. The van der Waals surface area contributed by atoms with Gasteiger partial charge in [0.25, 0.3) is 0 Å². The first-order valence-corrected chi connectivity index (χ1v) is 6.90. The molecule has 104 valence electrons. The van der Waals surface area contributed by atoms with Crippen molar-refractivity contribution in [2.24, 2.45) is 5.92 Å². The number of likely N-dealkylation sites (N-methyl/N-ethyl adjacent to an activating group) is 1. The second-order valence-corrected chi connectivity index (χ2v) is 5.37. The Morgan fingerprint density at radius 2 is 2.28 bits per heavy atom. The zero-order valence-corrected chi connectivity index (χ0v) is 11.2. The molecule has 18 heavy (non-hydrogen) atoms. The first-order valence-electron chi connectivity index (χ1n) is 6.90. The highest BCUT2D eigenvalue weighted by atomic mass is 16.5. The molecule has 0 bridgehead atoms. The molecule has 2 fully saturated rings. The van der Waals surface area contributed by atoms with E-state index in [0.717, 1.165) is 19.4 Å². The predicted octanol–water partition coefficient (Wildman–Crippen LogP) is -0.0620. The van der Waals surface area contributed by atoms with Crippen LogP contribution in [0.3, 0.4) is 0 Å². The summed E-state index contributed by atoms with van der Waals surface area (Å²) in [6, 6.07) is 0.142. The Hall–Kier alpha value is -0.650. The van der Waals surface area contributed by atoms with Gasteiger partial charge in [-0.2, -0.15) is 0 Å². The van der Waals surface area contributed by atoms with Crippen molar-refractivity contribution < 1.29 is 14.6 Å². The van der Waals surface area contributed by atoms with Gasteiger partial charge in [-0.15, -0.1) is 0 Å². The summed E-state index contributed by atoms with van der Waals surface area (Å²) < 4.78 is 5.49. The molecule has 1 atom stereocenters. The van der Waals surface area contributed by atoms with E-state index in [2.05, 4.69) is 4.90 Å². The van der Waals surface area contributed by atoms with Crippen molar-refractivity contribution in [3.05, 3.63) is 0 Å². The van der Waals surface area contributed by atoms with Crippen LogP contribution in [0, 0.1) is 5.92 Å². The molecular formula is C13H24N2O3. The van der Waals surface area contributed by atoms with E-state index in [1.165, 1.54) is 6.42 Å². The molecule has 2 aliphatic rings. The van der Waals surface area contributed by atoms with Crippen molar-refractivity contribution in [1.29, 1.82) is 0 Å². The number of carbonyl (C=O) groups is 1. The quantitative estimate of drug-likeness (QED) is 0.748. The maximum atomic E-state index is 12.3. The van der Waals surface area contributed by atoms with Gasteiger partial charge >= 0.3 is 0 Å². The summed E-state index contributed by atoms with van der Waals surface area (Å²) in [6.07, 6.45) is 3.29. The van der Waals surface area contributed by atoms with Gasteiger partial charge in [-0.1, -0.05) is 6.42 Å². The van der Waals surface area contributed by atoms with Gasteiger partial charge in [0.05, 0.1) is 25.9 Å². The summed E-state index contributed by atoms with van der Waals surface area (Å²) in [7, 11) is 1.97. The van der Waals surface area contributed by atoms with Crippen LogP contribution in [0.1, 0.15) is 19.3 Å². The maximum Gasteiger partial charge on any atom is 0.226 e. The SMILES string of the molecule is CN(CCO)C[C@@H]1COCCN1C(=O)C1CCC1. The zero-order chi connectivity index (χ0) is 13.0. The third-order valence-corrected chi connectivity index (χ3v) is 3.97. The van der Waals surface area contributed by atoms with Crippen LogP contribution in [0.15, 0.2) is 0 Å². The smallest absolute Gasteiger partial charge is 0.226 e. The first kappa shape index (κ1) is 13.8. The number of carbonyl (C=O) groups excluding carboxylic acids is 1. The number of hydrogen-bond acceptors (Lipinski definition) is 4. The van der Waals surface area contributed by atoms with E-state index in [4.69, 9.17) is 9.84 Å². The van der Waals surface area contributed by atoms with Gasteiger partial charge in [-0.3, -0.25) is 4.79 Å². The van der Waals surface area contributed by atoms with Crippen LogP contribution in [0.4, 0.5) is 0 Å². The molecule has 2 rings (SSSR count). The van der Waals surface area contributed by atoms with Gasteiger partial charge in [0.15, 0.2) is 0 Å². The number of rotatable bonds is 5. The summed E-state index contributed by atoms with van der Waals surface area (Å²) in [5.74, 6) is 0.570. The summed E-state index contributed by atoms with van der Waals surface area (Å²) in [5, 5.41) is 8.92. The Morgan fingerprint density at radius 1 is 1.50 bits per heavy atom. The van der Waals surface area contributed by atoms with Crippen LogP contribution in [-0.4, -0.2) is 73.4 Å². The lowest BCUT2D eigenvalue weighted by Gasteiger charge is -2.41. The number of hydrogen-bond donors (Lipinski definition) is 1. The summed E-state index contributed by atoms with van der Waals surface area (Å²) >= 11 is 0. The van der Waals surface area contributed by atoms with E-state index in [9.17, 15) is 4.79 Å². The van der Waals surface area contributed by atoms with Gasteiger partial charge in [-0.05, 0) is 19.9 Å². The highest BCUT2D eigenvalue weighted by molar-refractivity contribution is 5.80. The van der Waals surface area contributed by atoms with E-state index >= 15 is 0 Å². The van der Waals surface area contributed by atoms with Crippen LogP contribution >= 0.6 is 0 Å². The minimum absolute atomic E-state index is 0.142. The molecule has 1 aliphatic heterocycles. The molecule has 1 saturated heterocycles. The van der Waals surface area contributed by atoms with Crippen molar-refractivity contribution >= 4 is 5.91 Å². The molecule has 5 heteroatoms. The van der Waals surface area contributed by atoms with Gasteiger partial charge < -0.3 is 19.6 Å². The van der Waals surface area contributed by atoms with Crippen molar-refractivity contribution in [3.8, 4) is 0 Å². The monoisotopic (exact) mass is 256 g/mol. The molecule has 1 amide bonds. The average Bonchev–Trinajstić information content (AvgIpc) is 2.27. The molecule has 1 heterocycles. The normalized spacial score (nSPS) is 25.3. The molecule has 0 aromatic heterocycles. The predicted molar refractivity (Wildman–Crippen MR) is 68.2 cm³/mol. The highest BCUT2D eigenvalue weighted by Crippen LogP contribution is 2.29. The molecule has 1 saturated carbocycles. The number of aliphatic hydroxyl groups excluding tert-OH is 1. The van der Waals surface area contributed by atoms with E-state index < -0.39 is 0 Å². The summed E-state index contributed by atoms with van der Waals surface area (Å²) in [4.78, 5) is 16.4. The van der Waals surface area contributed by atoms with E-state index in [0.29, 0.717) is 32.2 Å². The Labute approximate surface area is 109 Å². The van der Waals surface area contributed by atoms with E-state index in [-0.39, 0.29) is 18.6 Å². The molecule has 1 N–H and O–H groups in total. The van der Waals surface area contributed by atoms with Crippen LogP contribution in [0.5, 0.6) is 0 Å². The number of aliphatic hydroxyl groups is 1. The second kappa shape index (κ2) is 6.50. The first-order chi connectivity index (χ1) is 8.72. The molecule has 0 aromatic rings. The fourth-order valence-corrected chi connectivity index (χ4v) is 2.61. The molecule has 0 spiro atoms. The fourth-order valence-electron chi connectivity index (χ4n) is 2.61. The van der Waals surface area contributed by atoms with Gasteiger partial charge in [0.1, 0.15) is 0 Å². The zero-order valence-electron chi connectivity index (χ0n) is 11.2. The fraction of sp³-hybridized carbons (Fsp3) is 0.923. The van der Waals surface area contributed by atoms with Crippen molar-refractivity contribution in [3.63, 3.8) is 0 Å². The third-order valence-electron chi connectivity index (χ3n) is 3.97. The van der Waals surface area contributed by atoms with Crippen molar-refractivity contribution in [1.82, 2.24) is 9.80 Å². The minimum atomic E-state index is 0.142. The van der Waals surface area contributed by atoms with Crippen molar-refractivity contribution in [2.45, 2.75) is 25.3 Å². The Balaban J connectivity index is 1.90. The van der Waals surface area contributed by atoms with Crippen LogP contribution < -0.4 is 0 Å². The molecule has 1 aliphatic carbocycles.